The minimum absolute atomic E-state index is 0.385. The van der Waals surface area contributed by atoms with E-state index in [1.165, 1.54) is 0 Å². The van der Waals surface area contributed by atoms with E-state index >= 15 is 0 Å². The summed E-state index contributed by atoms with van der Waals surface area (Å²) in [5, 5.41) is 0.531. The Morgan fingerprint density at radius 2 is 1.62 bits per heavy atom. The fourth-order valence-corrected chi connectivity index (χ4v) is 2.09. The number of aryl methyl sites for hydroxylation is 2. The van der Waals surface area contributed by atoms with Gasteiger partial charge in [-0.15, -0.1) is 0 Å². The average Bonchev–Trinajstić information content (AvgIpc) is 2.13. The van der Waals surface area contributed by atoms with Gasteiger partial charge in [0.1, 0.15) is 0 Å². The monoisotopic (exact) mass is 298 g/mol. The number of hydrogen-bond donors (Lipinski definition) is 0. The molecule has 0 bridgehead atoms. The number of carbonyl (C=O) groups excluding carboxylic acids is 1. The molecule has 0 heterocycles. The smallest absolute Gasteiger partial charge is 0.253 e. The molecule has 16 heavy (non-hydrogen) atoms. The number of benzene rings is 1. The SMILES string of the molecule is Cc1cc(C)c(C(=O)C(Cl)(Cl)Cl)c(C)c1Cl. The first-order valence-electron chi connectivity index (χ1n) is 4.54. The molecule has 0 aliphatic carbocycles. The van der Waals surface area contributed by atoms with Crippen LogP contribution in [-0.4, -0.2) is 9.58 Å². The third-order valence-electron chi connectivity index (χ3n) is 2.36. The lowest BCUT2D eigenvalue weighted by Crippen LogP contribution is -2.21. The Morgan fingerprint density at radius 1 is 1.12 bits per heavy atom. The van der Waals surface area contributed by atoms with Gasteiger partial charge in [0.15, 0.2) is 0 Å². The Kier molecular flexibility index (Phi) is 4.18. The first-order chi connectivity index (χ1) is 7.16. The molecule has 1 aromatic carbocycles. The van der Waals surface area contributed by atoms with Crippen LogP contribution in [0.1, 0.15) is 27.0 Å². The Labute approximate surface area is 115 Å². The predicted molar refractivity (Wildman–Crippen MR) is 70.3 cm³/mol. The lowest BCUT2D eigenvalue weighted by molar-refractivity contribution is 0.0995. The third-order valence-corrected chi connectivity index (χ3v) is 3.46. The summed E-state index contributed by atoms with van der Waals surface area (Å²) in [6.45, 7) is 5.40. The maximum absolute atomic E-state index is 11.9. The van der Waals surface area contributed by atoms with Crippen LogP contribution in [0, 0.1) is 20.8 Å². The van der Waals surface area contributed by atoms with E-state index in [0.717, 1.165) is 11.1 Å². The highest BCUT2D eigenvalue weighted by molar-refractivity contribution is 6.77. The van der Waals surface area contributed by atoms with Crippen molar-refractivity contribution < 1.29 is 4.79 Å². The summed E-state index contributed by atoms with van der Waals surface area (Å²) >= 11 is 22.8. The number of rotatable bonds is 1. The van der Waals surface area contributed by atoms with Crippen molar-refractivity contribution in [2.24, 2.45) is 0 Å². The minimum Gasteiger partial charge on any atom is -0.289 e. The van der Waals surface area contributed by atoms with Gasteiger partial charge in [-0.25, -0.2) is 0 Å². The van der Waals surface area contributed by atoms with Crippen molar-refractivity contribution in [2.75, 3.05) is 0 Å². The minimum atomic E-state index is -1.95. The molecule has 0 radical (unpaired) electrons. The summed E-state index contributed by atoms with van der Waals surface area (Å²) < 4.78 is -1.95. The van der Waals surface area contributed by atoms with Crippen molar-refractivity contribution in [1.82, 2.24) is 0 Å². The highest BCUT2D eigenvalue weighted by Crippen LogP contribution is 2.35. The number of halogens is 4. The van der Waals surface area contributed by atoms with E-state index in [2.05, 4.69) is 0 Å². The van der Waals surface area contributed by atoms with Crippen molar-refractivity contribution in [2.45, 2.75) is 24.6 Å². The second kappa shape index (κ2) is 4.73. The molecule has 0 aliphatic heterocycles. The Morgan fingerprint density at radius 3 is 2.06 bits per heavy atom. The molecular weight excluding hydrogens is 290 g/mol. The van der Waals surface area contributed by atoms with Gasteiger partial charge in [0, 0.05) is 10.6 Å². The summed E-state index contributed by atoms with van der Waals surface area (Å²) in [6, 6.07) is 1.80. The van der Waals surface area contributed by atoms with Gasteiger partial charge < -0.3 is 0 Å². The topological polar surface area (TPSA) is 17.1 Å². The quantitative estimate of drug-likeness (QED) is 0.537. The molecule has 0 N–H and O–H groups in total. The van der Waals surface area contributed by atoms with Crippen LogP contribution in [-0.2, 0) is 0 Å². The zero-order valence-corrected chi connectivity index (χ0v) is 12.0. The molecule has 0 unspecified atom stereocenters. The number of ketones is 1. The zero-order valence-electron chi connectivity index (χ0n) is 9.00. The van der Waals surface area contributed by atoms with Crippen LogP contribution in [0.4, 0.5) is 0 Å². The van der Waals surface area contributed by atoms with Crippen LogP contribution >= 0.6 is 46.4 Å². The van der Waals surface area contributed by atoms with E-state index in [-0.39, 0.29) is 0 Å². The first kappa shape index (κ1) is 14.1. The molecule has 0 aliphatic rings. The number of hydrogen-bond acceptors (Lipinski definition) is 1. The largest absolute Gasteiger partial charge is 0.289 e. The van der Waals surface area contributed by atoms with E-state index in [9.17, 15) is 4.79 Å². The van der Waals surface area contributed by atoms with Crippen molar-refractivity contribution in [3.8, 4) is 0 Å². The van der Waals surface area contributed by atoms with Gasteiger partial charge in [0.2, 0.25) is 5.78 Å². The fourth-order valence-electron chi connectivity index (χ4n) is 1.65. The fraction of sp³-hybridized carbons (Fsp3) is 0.364. The molecule has 1 aromatic rings. The van der Waals surface area contributed by atoms with Gasteiger partial charge in [-0.1, -0.05) is 52.5 Å². The van der Waals surface area contributed by atoms with Gasteiger partial charge >= 0.3 is 0 Å². The predicted octanol–water partition coefficient (Wildman–Crippen LogP) is 4.82. The van der Waals surface area contributed by atoms with Gasteiger partial charge in [-0.05, 0) is 37.5 Å². The van der Waals surface area contributed by atoms with Crippen LogP contribution in [0.2, 0.25) is 5.02 Å². The van der Waals surface area contributed by atoms with Crippen molar-refractivity contribution in [3.05, 3.63) is 33.3 Å². The molecule has 0 saturated carbocycles. The van der Waals surface area contributed by atoms with E-state index < -0.39 is 9.58 Å². The van der Waals surface area contributed by atoms with Crippen molar-refractivity contribution in [3.63, 3.8) is 0 Å². The maximum Gasteiger partial charge on any atom is 0.253 e. The molecule has 0 spiro atoms. The van der Waals surface area contributed by atoms with E-state index in [0.29, 0.717) is 16.1 Å². The molecule has 0 saturated heterocycles. The lowest BCUT2D eigenvalue weighted by atomic mass is 9.97. The Bertz CT molecular complexity index is 446. The highest BCUT2D eigenvalue weighted by Gasteiger charge is 2.34. The number of alkyl halides is 3. The molecule has 88 valence electrons. The van der Waals surface area contributed by atoms with E-state index in [1.54, 1.807) is 19.9 Å². The third kappa shape index (κ3) is 2.65. The standard InChI is InChI=1S/C11H10Cl4O/c1-5-4-6(2)9(12)7(3)8(5)10(16)11(13,14)15/h4H,1-3H3. The molecule has 0 atom stereocenters. The van der Waals surface area contributed by atoms with Gasteiger partial charge in [0.05, 0.1) is 0 Å². The van der Waals surface area contributed by atoms with Crippen LogP contribution < -0.4 is 0 Å². The number of carbonyl (C=O) groups is 1. The summed E-state index contributed by atoms with van der Waals surface area (Å²) in [4.78, 5) is 11.9. The molecule has 0 amide bonds. The zero-order chi connectivity index (χ0) is 12.7. The summed E-state index contributed by atoms with van der Waals surface area (Å²) in [5.41, 5.74) is 2.69. The number of Topliss-reactive ketones (excluding diaryl/α,β-unsaturated/α-hetero) is 1. The maximum atomic E-state index is 11.9. The average molecular weight is 300 g/mol. The Balaban J connectivity index is 3.47. The lowest BCUT2D eigenvalue weighted by Gasteiger charge is -2.16. The molecule has 5 heteroatoms. The van der Waals surface area contributed by atoms with Crippen LogP contribution in [0.15, 0.2) is 6.07 Å². The summed E-state index contributed by atoms with van der Waals surface area (Å²) in [7, 11) is 0. The normalized spacial score (nSPS) is 11.7. The van der Waals surface area contributed by atoms with Crippen molar-refractivity contribution in [1.29, 1.82) is 0 Å². The molecule has 0 aromatic heterocycles. The Hall–Kier alpha value is 0.0500. The van der Waals surface area contributed by atoms with E-state index in [4.69, 9.17) is 46.4 Å². The molecule has 1 rings (SSSR count). The summed E-state index contributed by atoms with van der Waals surface area (Å²) in [5.74, 6) is -0.547. The van der Waals surface area contributed by atoms with E-state index in [1.807, 2.05) is 6.92 Å². The second-order valence-electron chi connectivity index (χ2n) is 3.65. The van der Waals surface area contributed by atoms with Crippen LogP contribution in [0.3, 0.4) is 0 Å². The van der Waals surface area contributed by atoms with Gasteiger partial charge in [-0.2, -0.15) is 0 Å². The highest BCUT2D eigenvalue weighted by atomic mass is 35.6. The van der Waals surface area contributed by atoms with Crippen molar-refractivity contribution >= 4 is 52.2 Å². The molecule has 0 fully saturated rings. The molecular formula is C11H10Cl4O. The van der Waals surface area contributed by atoms with Gasteiger partial charge in [0.25, 0.3) is 3.79 Å². The van der Waals surface area contributed by atoms with Crippen LogP contribution in [0.5, 0.6) is 0 Å². The molecule has 1 nitrogen and oxygen atoms in total. The second-order valence-corrected chi connectivity index (χ2v) is 6.31. The first-order valence-corrected chi connectivity index (χ1v) is 6.05. The summed E-state index contributed by atoms with van der Waals surface area (Å²) in [6.07, 6.45) is 0. The van der Waals surface area contributed by atoms with Gasteiger partial charge in [-0.3, -0.25) is 4.79 Å². The van der Waals surface area contributed by atoms with Crippen LogP contribution in [0.25, 0.3) is 0 Å².